The topological polar surface area (TPSA) is 60.2 Å². The van der Waals surface area contributed by atoms with E-state index in [1.54, 1.807) is 40.5 Å². The van der Waals surface area contributed by atoms with Crippen molar-refractivity contribution in [1.82, 2.24) is 19.6 Å². The number of nitrogens with zero attached hydrogens (tertiary/aromatic N) is 4. The zero-order chi connectivity index (χ0) is 15.1. The average Bonchev–Trinajstić information content (AvgIpc) is 3.08. The molecule has 0 radical (unpaired) electrons. The lowest BCUT2D eigenvalue weighted by Gasteiger charge is -2.09. The third kappa shape index (κ3) is 2.59. The number of hydrogen-bond donors (Lipinski definition) is 0. The molecule has 114 valence electrons. The Balaban J connectivity index is 1.66. The predicted molar refractivity (Wildman–Crippen MR) is 90.2 cm³/mol. The van der Waals surface area contributed by atoms with E-state index in [1.165, 1.54) is 23.4 Å². The molecule has 0 spiro atoms. The van der Waals surface area contributed by atoms with Crippen LogP contribution in [-0.4, -0.2) is 19.6 Å². The average molecular weight is 350 g/mol. The summed E-state index contributed by atoms with van der Waals surface area (Å²) in [5.74, 6) is 0.656. The maximum absolute atomic E-state index is 12.4. The van der Waals surface area contributed by atoms with Gasteiger partial charge in [-0.2, -0.15) is 0 Å². The lowest BCUT2D eigenvalue weighted by Crippen LogP contribution is -2.17. The molecule has 0 saturated heterocycles. The van der Waals surface area contributed by atoms with Gasteiger partial charge in [-0.15, -0.1) is 21.5 Å². The molecule has 8 heteroatoms. The summed E-state index contributed by atoms with van der Waals surface area (Å²) in [5.41, 5.74) is 2.05. The van der Waals surface area contributed by atoms with E-state index in [-0.39, 0.29) is 5.56 Å². The monoisotopic (exact) mass is 350 g/mol. The van der Waals surface area contributed by atoms with Crippen LogP contribution < -0.4 is 5.56 Å². The van der Waals surface area contributed by atoms with Gasteiger partial charge in [0.2, 0.25) is 0 Å². The fraction of sp³-hybridized carbons (Fsp3) is 0.429. The standard InChI is InChI=1S/C14H14N4OS3/c1-8-16-17-14(21-8)20-7-9-6-12(19)18-10-4-2-3-5-11(10)22-13(18)15-9/h6H,2-5,7H2,1H3. The molecular formula is C14H14N4OS3. The summed E-state index contributed by atoms with van der Waals surface area (Å²) in [6, 6.07) is 1.66. The molecule has 0 N–H and O–H groups in total. The van der Waals surface area contributed by atoms with Crippen LogP contribution in [0.4, 0.5) is 0 Å². The van der Waals surface area contributed by atoms with E-state index < -0.39 is 0 Å². The minimum absolute atomic E-state index is 0.0495. The molecule has 0 saturated carbocycles. The second kappa shape index (κ2) is 5.75. The molecule has 1 aliphatic carbocycles. The first-order chi connectivity index (χ1) is 10.7. The summed E-state index contributed by atoms with van der Waals surface area (Å²) >= 11 is 4.83. The fourth-order valence-electron chi connectivity index (χ4n) is 2.69. The van der Waals surface area contributed by atoms with Crippen LogP contribution in [0.15, 0.2) is 15.2 Å². The van der Waals surface area contributed by atoms with Crippen LogP contribution in [-0.2, 0) is 18.6 Å². The number of aromatic nitrogens is 4. The quantitative estimate of drug-likeness (QED) is 0.679. The van der Waals surface area contributed by atoms with Crippen molar-refractivity contribution < 1.29 is 0 Å². The van der Waals surface area contributed by atoms with Crippen LogP contribution in [0.5, 0.6) is 0 Å². The van der Waals surface area contributed by atoms with E-state index in [2.05, 4.69) is 15.2 Å². The second-order valence-corrected chi connectivity index (χ2v) is 8.72. The molecule has 0 aliphatic heterocycles. The van der Waals surface area contributed by atoms with Crippen LogP contribution >= 0.6 is 34.4 Å². The fourth-order valence-corrected chi connectivity index (χ4v) is 5.63. The lowest BCUT2D eigenvalue weighted by molar-refractivity contribution is 0.670. The first-order valence-corrected chi connectivity index (χ1v) is 9.79. The smallest absolute Gasteiger partial charge is 0.259 e. The van der Waals surface area contributed by atoms with Crippen LogP contribution in [0.3, 0.4) is 0 Å². The highest BCUT2D eigenvalue weighted by Crippen LogP contribution is 2.29. The molecule has 0 aromatic carbocycles. The largest absolute Gasteiger partial charge is 0.269 e. The summed E-state index contributed by atoms with van der Waals surface area (Å²) < 4.78 is 2.73. The van der Waals surface area contributed by atoms with Gasteiger partial charge in [0, 0.05) is 22.4 Å². The maximum atomic E-state index is 12.4. The Morgan fingerprint density at radius 1 is 1.27 bits per heavy atom. The Morgan fingerprint density at radius 2 is 2.14 bits per heavy atom. The Bertz CT molecular complexity index is 895. The summed E-state index contributed by atoms with van der Waals surface area (Å²) in [6.07, 6.45) is 4.46. The molecule has 0 bridgehead atoms. The third-order valence-corrected chi connectivity index (χ3v) is 6.81. The molecule has 22 heavy (non-hydrogen) atoms. The highest BCUT2D eigenvalue weighted by atomic mass is 32.2. The van der Waals surface area contributed by atoms with E-state index in [0.29, 0.717) is 5.75 Å². The molecule has 3 heterocycles. The number of hydrogen-bond acceptors (Lipinski definition) is 7. The number of thiazole rings is 1. The molecule has 3 aromatic heterocycles. The van der Waals surface area contributed by atoms with Crippen molar-refractivity contribution in [3.8, 4) is 0 Å². The Hall–Kier alpha value is -1.25. The minimum Gasteiger partial charge on any atom is -0.269 e. The highest BCUT2D eigenvalue weighted by molar-refractivity contribution is 8.00. The molecule has 1 aliphatic rings. The van der Waals surface area contributed by atoms with Gasteiger partial charge in [-0.05, 0) is 32.6 Å². The van der Waals surface area contributed by atoms with Gasteiger partial charge in [0.1, 0.15) is 5.01 Å². The van der Waals surface area contributed by atoms with Crippen LogP contribution in [0, 0.1) is 6.92 Å². The summed E-state index contributed by atoms with van der Waals surface area (Å²) in [4.78, 5) is 19.3. The van der Waals surface area contributed by atoms with Crippen molar-refractivity contribution in [1.29, 1.82) is 0 Å². The van der Waals surface area contributed by atoms with Crippen molar-refractivity contribution in [2.75, 3.05) is 0 Å². The summed E-state index contributed by atoms with van der Waals surface area (Å²) in [7, 11) is 0. The highest BCUT2D eigenvalue weighted by Gasteiger charge is 2.18. The van der Waals surface area contributed by atoms with Gasteiger partial charge in [-0.1, -0.05) is 23.1 Å². The van der Waals surface area contributed by atoms with Crippen LogP contribution in [0.25, 0.3) is 4.96 Å². The zero-order valence-corrected chi connectivity index (χ0v) is 14.5. The van der Waals surface area contributed by atoms with Gasteiger partial charge < -0.3 is 0 Å². The van der Waals surface area contributed by atoms with Crippen molar-refractivity contribution in [3.63, 3.8) is 0 Å². The summed E-state index contributed by atoms with van der Waals surface area (Å²) in [5, 5.41) is 9.05. The van der Waals surface area contributed by atoms with E-state index in [1.807, 2.05) is 11.3 Å². The van der Waals surface area contributed by atoms with Gasteiger partial charge in [0.25, 0.3) is 5.56 Å². The van der Waals surface area contributed by atoms with Crippen molar-refractivity contribution >= 4 is 39.4 Å². The molecule has 5 nitrogen and oxygen atoms in total. The van der Waals surface area contributed by atoms with Crippen molar-refractivity contribution in [3.05, 3.63) is 37.7 Å². The van der Waals surface area contributed by atoms with Gasteiger partial charge in [-0.3, -0.25) is 9.20 Å². The Labute approximate surface area is 139 Å². The van der Waals surface area contributed by atoms with Crippen LogP contribution in [0.2, 0.25) is 0 Å². The molecule has 3 aromatic rings. The van der Waals surface area contributed by atoms with E-state index >= 15 is 0 Å². The summed E-state index contributed by atoms with van der Waals surface area (Å²) in [6.45, 7) is 1.94. The van der Waals surface area contributed by atoms with E-state index in [4.69, 9.17) is 0 Å². The number of rotatable bonds is 3. The van der Waals surface area contributed by atoms with Crippen molar-refractivity contribution in [2.45, 2.75) is 42.7 Å². The molecule has 0 unspecified atom stereocenters. The molecule has 0 atom stereocenters. The van der Waals surface area contributed by atoms with Gasteiger partial charge in [0.15, 0.2) is 9.30 Å². The van der Waals surface area contributed by atoms with Gasteiger partial charge >= 0.3 is 0 Å². The molecule has 0 amide bonds. The molecule has 4 rings (SSSR count). The normalized spacial score (nSPS) is 14.4. The zero-order valence-electron chi connectivity index (χ0n) is 12.0. The molecular weight excluding hydrogens is 336 g/mol. The maximum Gasteiger partial charge on any atom is 0.259 e. The van der Waals surface area contributed by atoms with E-state index in [9.17, 15) is 4.79 Å². The third-order valence-electron chi connectivity index (χ3n) is 3.67. The number of aryl methyl sites for hydroxylation is 3. The first-order valence-electron chi connectivity index (χ1n) is 7.17. The minimum atomic E-state index is 0.0495. The Kier molecular flexibility index (Phi) is 3.75. The van der Waals surface area contributed by atoms with E-state index in [0.717, 1.165) is 32.8 Å². The number of fused-ring (bicyclic) bond motifs is 3. The number of thioether (sulfide) groups is 1. The Morgan fingerprint density at radius 3 is 2.95 bits per heavy atom. The predicted octanol–water partition coefficient (Wildman–Crippen LogP) is 3.09. The first kappa shape index (κ1) is 14.3. The lowest BCUT2D eigenvalue weighted by atomic mass is 10.0. The van der Waals surface area contributed by atoms with Crippen molar-refractivity contribution in [2.24, 2.45) is 0 Å². The SMILES string of the molecule is Cc1nnc(SCc2cc(=O)n3c4c(sc3n2)CCCC4)s1. The molecule has 0 fully saturated rings. The van der Waals surface area contributed by atoms with Gasteiger partial charge in [-0.25, -0.2) is 4.98 Å². The van der Waals surface area contributed by atoms with Crippen LogP contribution in [0.1, 0.15) is 34.1 Å². The second-order valence-electron chi connectivity index (χ2n) is 5.26. The van der Waals surface area contributed by atoms with Gasteiger partial charge in [0.05, 0.1) is 5.69 Å².